The molecule has 5 heteroatoms. The van der Waals surface area contributed by atoms with Crippen LogP contribution in [-0.2, 0) is 30.5 Å². The minimum atomic E-state index is -3.72. The lowest BCUT2D eigenvalue weighted by molar-refractivity contribution is 0.284. The van der Waals surface area contributed by atoms with Gasteiger partial charge < -0.3 is 0 Å². The van der Waals surface area contributed by atoms with Crippen LogP contribution < -0.4 is 0 Å². The zero-order chi connectivity index (χ0) is 15.6. The van der Waals surface area contributed by atoms with Gasteiger partial charge in [0.25, 0.3) is 10.3 Å². The molecule has 114 valence electrons. The van der Waals surface area contributed by atoms with Gasteiger partial charge in [0, 0.05) is 5.56 Å². The molecule has 0 saturated carbocycles. The van der Waals surface area contributed by atoms with Crippen LogP contribution in [-0.4, -0.2) is 13.3 Å². The first-order valence-electron chi connectivity index (χ1n) is 6.62. The monoisotopic (exact) mass is 317 g/mol. The van der Waals surface area contributed by atoms with Crippen molar-refractivity contribution in [2.45, 2.75) is 52.2 Å². The number of rotatable bonds is 4. The zero-order valence-electron chi connectivity index (χ0n) is 12.8. The van der Waals surface area contributed by atoms with E-state index in [0.29, 0.717) is 16.1 Å². The SMILES string of the molecule is CC(C)(C)CC(C)(C)c1ccc(C[S+]=S(=O)(O)O)cc1. The van der Waals surface area contributed by atoms with Crippen molar-refractivity contribution in [2.24, 2.45) is 5.41 Å². The smallest absolute Gasteiger partial charge is 0.251 e. The fraction of sp³-hybridized carbons (Fsp3) is 0.600. The summed E-state index contributed by atoms with van der Waals surface area (Å²) in [5.74, 6) is 0.325. The summed E-state index contributed by atoms with van der Waals surface area (Å²) in [5, 5.41) is 0. The highest BCUT2D eigenvalue weighted by Gasteiger charge is 2.27. The quantitative estimate of drug-likeness (QED) is 0.821. The van der Waals surface area contributed by atoms with E-state index in [9.17, 15) is 4.21 Å². The Balaban J connectivity index is 2.89. The topological polar surface area (TPSA) is 57.5 Å². The van der Waals surface area contributed by atoms with Crippen LogP contribution in [0.25, 0.3) is 0 Å². The Morgan fingerprint density at radius 1 is 1.05 bits per heavy atom. The van der Waals surface area contributed by atoms with Crippen LogP contribution in [0.2, 0.25) is 0 Å². The van der Waals surface area contributed by atoms with Gasteiger partial charge in [-0.3, -0.25) is 9.11 Å². The molecule has 0 unspecified atom stereocenters. The average molecular weight is 317 g/mol. The van der Waals surface area contributed by atoms with E-state index in [0.717, 1.165) is 12.0 Å². The van der Waals surface area contributed by atoms with Gasteiger partial charge in [-0.25, -0.2) is 0 Å². The highest BCUT2D eigenvalue weighted by molar-refractivity contribution is 8.33. The molecular weight excluding hydrogens is 292 g/mol. The standard InChI is InChI=1S/C15H24O3S2/c1-14(2,3)11-15(4,5)13-8-6-12(7-9-13)10-19-20(16,17)18/h6-9H,10-11H2,1-5H3,(H-,16,17,18)/p+1. The predicted molar refractivity (Wildman–Crippen MR) is 88.0 cm³/mol. The Bertz CT molecular complexity index is 552. The zero-order valence-corrected chi connectivity index (χ0v) is 14.5. The highest BCUT2D eigenvalue weighted by Crippen LogP contribution is 2.36. The van der Waals surface area contributed by atoms with E-state index in [4.69, 9.17) is 9.11 Å². The van der Waals surface area contributed by atoms with Gasteiger partial charge in [0.2, 0.25) is 5.75 Å². The van der Waals surface area contributed by atoms with E-state index in [1.807, 2.05) is 12.1 Å². The Kier molecular flexibility index (Phi) is 5.35. The third kappa shape index (κ3) is 6.31. The Hall–Kier alpha value is -0.490. The maximum atomic E-state index is 10.8. The van der Waals surface area contributed by atoms with E-state index >= 15 is 0 Å². The van der Waals surface area contributed by atoms with Crippen LogP contribution in [0.3, 0.4) is 0 Å². The van der Waals surface area contributed by atoms with Crippen LogP contribution in [0, 0.1) is 5.41 Å². The minimum Gasteiger partial charge on any atom is -0.251 e. The molecule has 1 aromatic carbocycles. The summed E-state index contributed by atoms with van der Waals surface area (Å²) in [6, 6.07) is 8.05. The highest BCUT2D eigenvalue weighted by atomic mass is 32.9. The van der Waals surface area contributed by atoms with Crippen LogP contribution in [0.4, 0.5) is 0 Å². The van der Waals surface area contributed by atoms with E-state index in [1.165, 1.54) is 5.56 Å². The summed E-state index contributed by atoms with van der Waals surface area (Å²) in [7, 11) is -3.07. The van der Waals surface area contributed by atoms with Crippen molar-refractivity contribution in [2.75, 3.05) is 0 Å². The molecule has 0 amide bonds. The molecule has 0 aliphatic heterocycles. The predicted octanol–water partition coefficient (Wildman–Crippen LogP) is 4.13. The number of hydrogen-bond donors (Lipinski definition) is 2. The molecular formula is C15H25O3S2+. The first-order valence-corrected chi connectivity index (χ1v) is 9.59. The summed E-state index contributed by atoms with van der Waals surface area (Å²) >= 11 is 0. The molecule has 0 aromatic heterocycles. The van der Waals surface area contributed by atoms with Gasteiger partial charge in [-0.2, -0.15) is 4.21 Å². The van der Waals surface area contributed by atoms with Crippen molar-refractivity contribution >= 4 is 19.4 Å². The summed E-state index contributed by atoms with van der Waals surface area (Å²) in [6.45, 7) is 11.2. The van der Waals surface area contributed by atoms with Crippen molar-refractivity contribution in [3.63, 3.8) is 0 Å². The summed E-state index contributed by atoms with van der Waals surface area (Å²) in [6.07, 6.45) is 1.08. The van der Waals surface area contributed by atoms with Gasteiger partial charge in [-0.05, 0) is 22.8 Å². The van der Waals surface area contributed by atoms with Gasteiger partial charge in [-0.15, -0.1) is 0 Å². The molecule has 1 aromatic rings. The van der Waals surface area contributed by atoms with Crippen molar-refractivity contribution < 1.29 is 13.3 Å². The third-order valence-corrected chi connectivity index (χ3v) is 5.12. The second-order valence-electron chi connectivity index (χ2n) is 7.03. The van der Waals surface area contributed by atoms with Crippen molar-refractivity contribution in [3.8, 4) is 0 Å². The molecule has 1 rings (SSSR count). The number of benzene rings is 1. The van der Waals surface area contributed by atoms with E-state index in [-0.39, 0.29) is 10.8 Å². The van der Waals surface area contributed by atoms with Gasteiger partial charge >= 0.3 is 9.05 Å². The molecule has 0 fully saturated rings. The fourth-order valence-corrected chi connectivity index (χ4v) is 3.98. The van der Waals surface area contributed by atoms with Gasteiger partial charge in [0.05, 0.1) is 0 Å². The normalized spacial score (nSPS) is 13.3. The van der Waals surface area contributed by atoms with Crippen molar-refractivity contribution in [1.82, 2.24) is 0 Å². The average Bonchev–Trinajstić information content (AvgIpc) is 2.22. The maximum Gasteiger partial charge on any atom is 0.430 e. The van der Waals surface area contributed by atoms with Gasteiger partial charge in [-0.1, -0.05) is 58.9 Å². The molecule has 0 heterocycles. The van der Waals surface area contributed by atoms with Crippen LogP contribution in [0.5, 0.6) is 0 Å². The number of hydrogen-bond acceptors (Lipinski definition) is 1. The minimum absolute atomic E-state index is 0.0887. The lowest BCUT2D eigenvalue weighted by atomic mass is 9.72. The molecule has 0 radical (unpaired) electrons. The largest absolute Gasteiger partial charge is 0.430 e. The molecule has 3 nitrogen and oxygen atoms in total. The van der Waals surface area contributed by atoms with E-state index < -0.39 is 9.05 Å². The van der Waals surface area contributed by atoms with Crippen molar-refractivity contribution in [3.05, 3.63) is 35.4 Å². The fourth-order valence-electron chi connectivity index (χ4n) is 2.62. The lowest BCUT2D eigenvalue weighted by Crippen LogP contribution is -2.24. The molecule has 0 saturated heterocycles. The Labute approximate surface area is 126 Å². The molecule has 2 N–H and O–H groups in total. The van der Waals surface area contributed by atoms with E-state index in [1.54, 1.807) is 0 Å². The van der Waals surface area contributed by atoms with Gasteiger partial charge in [0.15, 0.2) is 0 Å². The first kappa shape index (κ1) is 17.6. The van der Waals surface area contributed by atoms with Crippen LogP contribution in [0.15, 0.2) is 24.3 Å². The van der Waals surface area contributed by atoms with E-state index in [2.05, 4.69) is 46.8 Å². The van der Waals surface area contributed by atoms with Crippen LogP contribution in [0.1, 0.15) is 52.2 Å². The Morgan fingerprint density at radius 2 is 1.55 bits per heavy atom. The van der Waals surface area contributed by atoms with Crippen molar-refractivity contribution in [1.29, 1.82) is 0 Å². The molecule has 0 atom stereocenters. The summed E-state index contributed by atoms with van der Waals surface area (Å²) < 4.78 is 28.5. The lowest BCUT2D eigenvalue weighted by Gasteiger charge is -2.33. The summed E-state index contributed by atoms with van der Waals surface area (Å²) in [4.78, 5) is 0. The second kappa shape index (κ2) is 6.10. The molecule has 0 aliphatic carbocycles. The second-order valence-corrected chi connectivity index (χ2v) is 10.5. The molecule has 0 spiro atoms. The maximum absolute atomic E-state index is 10.8. The first-order chi connectivity index (χ1) is 8.89. The third-order valence-electron chi connectivity index (χ3n) is 3.09. The summed E-state index contributed by atoms with van der Waals surface area (Å²) in [5.41, 5.74) is 2.54. The van der Waals surface area contributed by atoms with Gasteiger partial charge in [0.1, 0.15) is 0 Å². The Morgan fingerprint density at radius 3 is 1.95 bits per heavy atom. The van der Waals surface area contributed by atoms with Crippen LogP contribution >= 0.6 is 0 Å². The molecule has 0 bridgehead atoms. The molecule has 0 aliphatic rings. The molecule has 20 heavy (non-hydrogen) atoms.